The van der Waals surface area contributed by atoms with Gasteiger partial charge in [-0.25, -0.2) is 4.98 Å². The number of hydrogen-bond donors (Lipinski definition) is 1. The number of carbonyl (C=O) groups is 3. The average molecular weight is 534 g/mol. The molecular weight excluding hydrogens is 502 g/mol. The van der Waals surface area contributed by atoms with E-state index in [-0.39, 0.29) is 30.6 Å². The van der Waals surface area contributed by atoms with Crippen LogP contribution in [0.2, 0.25) is 5.02 Å². The lowest BCUT2D eigenvalue weighted by Crippen LogP contribution is -2.39. The summed E-state index contributed by atoms with van der Waals surface area (Å²) in [5, 5.41) is 3.53. The van der Waals surface area contributed by atoms with Gasteiger partial charge in [-0.2, -0.15) is 0 Å². The number of halogens is 1. The number of rotatable bonds is 10. The van der Waals surface area contributed by atoms with Crippen LogP contribution in [0, 0.1) is 0 Å². The van der Waals surface area contributed by atoms with Gasteiger partial charge in [-0.05, 0) is 55.4 Å². The van der Waals surface area contributed by atoms with Crippen LogP contribution in [-0.2, 0) is 16.1 Å². The molecule has 8 nitrogen and oxygen atoms in total. The molecule has 2 aromatic carbocycles. The predicted molar refractivity (Wildman–Crippen MR) is 150 cm³/mol. The Morgan fingerprint density at radius 2 is 1.79 bits per heavy atom. The zero-order valence-electron chi connectivity index (χ0n) is 21.7. The normalized spacial score (nSPS) is 12.4. The van der Waals surface area contributed by atoms with Gasteiger partial charge in [0.1, 0.15) is 0 Å². The van der Waals surface area contributed by atoms with Crippen molar-refractivity contribution in [2.75, 3.05) is 36.4 Å². The van der Waals surface area contributed by atoms with Gasteiger partial charge < -0.3 is 10.2 Å². The van der Waals surface area contributed by atoms with Crippen LogP contribution in [0.4, 0.5) is 17.2 Å². The number of fused-ring (bicyclic) bond motifs is 2. The third-order valence-electron chi connectivity index (χ3n) is 6.60. The molecule has 0 saturated carbocycles. The van der Waals surface area contributed by atoms with Crippen LogP contribution in [0.15, 0.2) is 66.9 Å². The highest BCUT2D eigenvalue weighted by Crippen LogP contribution is 2.36. The fourth-order valence-corrected chi connectivity index (χ4v) is 4.75. The summed E-state index contributed by atoms with van der Waals surface area (Å²) in [6.45, 7) is 7.44. The van der Waals surface area contributed by atoms with Crippen LogP contribution in [0.3, 0.4) is 0 Å². The van der Waals surface area contributed by atoms with E-state index in [0.717, 1.165) is 18.7 Å². The van der Waals surface area contributed by atoms with Gasteiger partial charge >= 0.3 is 0 Å². The zero-order valence-corrected chi connectivity index (χ0v) is 22.4. The summed E-state index contributed by atoms with van der Waals surface area (Å²) in [7, 11) is 0. The lowest BCUT2D eigenvalue weighted by Gasteiger charge is -2.27. The highest BCUT2D eigenvalue weighted by atomic mass is 35.5. The molecule has 0 aliphatic carbocycles. The van der Waals surface area contributed by atoms with Crippen molar-refractivity contribution in [3.8, 4) is 0 Å². The second kappa shape index (κ2) is 12.7. The van der Waals surface area contributed by atoms with Gasteiger partial charge in [0, 0.05) is 50.2 Å². The number of para-hydroxylation sites is 1. The number of hydrogen-bond acceptors (Lipinski definition) is 5. The van der Waals surface area contributed by atoms with E-state index in [0.29, 0.717) is 47.4 Å². The third kappa shape index (κ3) is 6.38. The van der Waals surface area contributed by atoms with Crippen molar-refractivity contribution in [3.63, 3.8) is 0 Å². The summed E-state index contributed by atoms with van der Waals surface area (Å²) in [5.74, 6) is -0.348. The molecule has 0 unspecified atom stereocenters. The molecule has 3 amide bonds. The average Bonchev–Trinajstić information content (AvgIpc) is 3.05. The van der Waals surface area contributed by atoms with Crippen molar-refractivity contribution in [3.05, 3.63) is 83.0 Å². The number of amides is 3. The number of pyridine rings is 1. The number of carbonyl (C=O) groups excluding carboxylic acids is 3. The minimum atomic E-state index is -0.309. The summed E-state index contributed by atoms with van der Waals surface area (Å²) in [6, 6.07) is 18.1. The first-order valence-electron chi connectivity index (χ1n) is 12.8. The Morgan fingerprint density at radius 3 is 2.55 bits per heavy atom. The molecule has 1 N–H and O–H groups in total. The maximum Gasteiger partial charge on any atom is 0.257 e. The van der Waals surface area contributed by atoms with Crippen LogP contribution < -0.4 is 10.2 Å². The third-order valence-corrected chi connectivity index (χ3v) is 6.84. The number of likely N-dealkylation sites (N-methyl/N-ethyl adjacent to an activating group) is 2. The van der Waals surface area contributed by atoms with Crippen molar-refractivity contribution in [2.24, 2.45) is 0 Å². The van der Waals surface area contributed by atoms with E-state index in [1.807, 2.05) is 31.2 Å². The molecule has 0 saturated heterocycles. The van der Waals surface area contributed by atoms with E-state index in [1.165, 1.54) is 4.90 Å². The summed E-state index contributed by atoms with van der Waals surface area (Å²) in [4.78, 5) is 49.2. The van der Waals surface area contributed by atoms with Crippen LogP contribution in [-0.4, -0.2) is 58.7 Å². The fraction of sp³-hybridized carbons (Fsp3) is 0.310. The van der Waals surface area contributed by atoms with Gasteiger partial charge in [0.2, 0.25) is 11.8 Å². The van der Waals surface area contributed by atoms with Gasteiger partial charge in [0.15, 0.2) is 5.82 Å². The topological polar surface area (TPSA) is 85.9 Å². The molecule has 0 spiro atoms. The molecule has 0 atom stereocenters. The summed E-state index contributed by atoms with van der Waals surface area (Å²) < 4.78 is 0. The van der Waals surface area contributed by atoms with Crippen LogP contribution >= 0.6 is 11.6 Å². The van der Waals surface area contributed by atoms with Gasteiger partial charge in [0.25, 0.3) is 5.91 Å². The number of anilines is 3. The molecule has 2 heterocycles. The van der Waals surface area contributed by atoms with Crippen molar-refractivity contribution in [1.29, 1.82) is 0 Å². The van der Waals surface area contributed by atoms with Crippen LogP contribution in [0.25, 0.3) is 0 Å². The van der Waals surface area contributed by atoms with Crippen LogP contribution in [0.1, 0.15) is 42.6 Å². The van der Waals surface area contributed by atoms with Gasteiger partial charge in [-0.1, -0.05) is 42.8 Å². The monoisotopic (exact) mass is 533 g/mol. The smallest absolute Gasteiger partial charge is 0.257 e. The highest BCUT2D eigenvalue weighted by Gasteiger charge is 2.30. The van der Waals surface area contributed by atoms with E-state index in [9.17, 15) is 14.4 Å². The largest absolute Gasteiger partial charge is 0.342 e. The summed E-state index contributed by atoms with van der Waals surface area (Å²) in [5.41, 5.74) is 2.40. The molecule has 1 aromatic heterocycles. The Labute approximate surface area is 228 Å². The van der Waals surface area contributed by atoms with E-state index in [2.05, 4.69) is 22.1 Å². The highest BCUT2D eigenvalue weighted by molar-refractivity contribution is 6.30. The molecular formula is C29H32ClN5O3. The first kappa shape index (κ1) is 27.3. The Balaban J connectivity index is 1.41. The van der Waals surface area contributed by atoms with E-state index in [1.54, 1.807) is 47.5 Å². The molecule has 0 radical (unpaired) electrons. The maximum atomic E-state index is 13.5. The minimum absolute atomic E-state index is 0.00607. The number of nitrogens with zero attached hydrogens (tertiary/aromatic N) is 4. The van der Waals surface area contributed by atoms with Crippen molar-refractivity contribution in [1.82, 2.24) is 14.8 Å². The minimum Gasteiger partial charge on any atom is -0.342 e. The first-order valence-corrected chi connectivity index (χ1v) is 13.2. The van der Waals surface area contributed by atoms with E-state index >= 15 is 0 Å². The van der Waals surface area contributed by atoms with Gasteiger partial charge in [-0.15, -0.1) is 0 Å². The Kier molecular flexibility index (Phi) is 9.10. The molecule has 1 aliphatic rings. The number of nitrogens with one attached hydrogen (secondary N) is 1. The molecule has 1 aliphatic heterocycles. The Bertz CT molecular complexity index is 1310. The molecule has 0 bridgehead atoms. The number of benzene rings is 2. The van der Waals surface area contributed by atoms with Gasteiger partial charge in [0.05, 0.1) is 16.9 Å². The second-order valence-electron chi connectivity index (χ2n) is 9.05. The Hall–Kier alpha value is -3.75. The molecule has 4 rings (SSSR count). The van der Waals surface area contributed by atoms with Crippen molar-refractivity contribution >= 4 is 46.5 Å². The van der Waals surface area contributed by atoms with Gasteiger partial charge in [-0.3, -0.25) is 24.2 Å². The van der Waals surface area contributed by atoms with E-state index < -0.39 is 0 Å². The fourth-order valence-electron chi connectivity index (χ4n) is 4.54. The summed E-state index contributed by atoms with van der Waals surface area (Å²) in [6.07, 6.45) is 1.63. The molecule has 38 heavy (non-hydrogen) atoms. The van der Waals surface area contributed by atoms with Crippen molar-refractivity contribution in [2.45, 2.75) is 33.2 Å². The second-order valence-corrected chi connectivity index (χ2v) is 9.48. The quantitative estimate of drug-likeness (QED) is 0.391. The molecule has 9 heteroatoms. The molecule has 3 aromatic rings. The maximum absolute atomic E-state index is 13.5. The zero-order chi connectivity index (χ0) is 27.1. The first-order chi connectivity index (χ1) is 18.4. The lowest BCUT2D eigenvalue weighted by atomic mass is 10.1. The standard InChI is InChI=1S/C29H32ClN5O3/c1-3-33(20-21-9-7-10-22(30)19-21)17-18-34(4-2)26(36)14-15-27(37)35-25-13-6-5-11-23(25)29(38)32-24-12-8-16-31-28(24)35/h5-13,16,19H,3-4,14-15,17-18,20H2,1-2H3,(H,32,38). The lowest BCUT2D eigenvalue weighted by molar-refractivity contribution is -0.133. The Morgan fingerprint density at radius 1 is 0.974 bits per heavy atom. The van der Waals surface area contributed by atoms with Crippen LogP contribution in [0.5, 0.6) is 0 Å². The molecule has 198 valence electrons. The van der Waals surface area contributed by atoms with E-state index in [4.69, 9.17) is 11.6 Å². The number of aromatic nitrogens is 1. The predicted octanol–water partition coefficient (Wildman–Crippen LogP) is 5.12. The molecule has 0 fully saturated rings. The van der Waals surface area contributed by atoms with Crippen molar-refractivity contribution < 1.29 is 14.4 Å². The summed E-state index contributed by atoms with van der Waals surface area (Å²) >= 11 is 6.13. The SMILES string of the molecule is CCN(CCN(CC)C(=O)CCC(=O)N1c2ccccc2C(=O)Nc2cccnc21)Cc1cccc(Cl)c1.